The van der Waals surface area contributed by atoms with Crippen molar-refractivity contribution in [1.82, 2.24) is 4.90 Å². The number of carbonyl (C=O) groups is 2. The predicted octanol–water partition coefficient (Wildman–Crippen LogP) is 3.01. The minimum absolute atomic E-state index is 0.0324. The fourth-order valence-corrected chi connectivity index (χ4v) is 2.03. The maximum absolute atomic E-state index is 12.1. The molecule has 0 heterocycles. The summed E-state index contributed by atoms with van der Waals surface area (Å²) < 4.78 is 5.19. The van der Waals surface area contributed by atoms with Crippen LogP contribution in [0.2, 0.25) is 0 Å². The molecule has 4 nitrogen and oxygen atoms in total. The van der Waals surface area contributed by atoms with Gasteiger partial charge in [0, 0.05) is 19.2 Å². The summed E-state index contributed by atoms with van der Waals surface area (Å²) in [4.78, 5) is 25.5. The Morgan fingerprint density at radius 3 is 2.05 bits per heavy atom. The number of hydrogen-bond acceptors (Lipinski definition) is 3. The van der Waals surface area contributed by atoms with Crippen LogP contribution in [0.25, 0.3) is 0 Å². The van der Waals surface area contributed by atoms with Gasteiger partial charge in [0.2, 0.25) is 0 Å². The molecule has 0 spiro atoms. The highest BCUT2D eigenvalue weighted by Gasteiger charge is 2.11. The number of rotatable bonds is 6. The maximum atomic E-state index is 12.1. The van der Waals surface area contributed by atoms with E-state index < -0.39 is 0 Å². The van der Waals surface area contributed by atoms with Crippen LogP contribution in [0.5, 0.6) is 0 Å². The highest BCUT2D eigenvalue weighted by Crippen LogP contribution is 2.05. The van der Waals surface area contributed by atoms with Crippen molar-refractivity contribution in [3.05, 3.63) is 71.8 Å². The van der Waals surface area contributed by atoms with Gasteiger partial charge in [-0.3, -0.25) is 4.79 Å². The minimum Gasteiger partial charge on any atom is -0.462 e. The van der Waals surface area contributed by atoms with Crippen molar-refractivity contribution in [3.63, 3.8) is 0 Å². The van der Waals surface area contributed by atoms with Crippen molar-refractivity contribution in [2.45, 2.75) is 6.42 Å². The van der Waals surface area contributed by atoms with E-state index in [0.29, 0.717) is 30.7 Å². The van der Waals surface area contributed by atoms with Gasteiger partial charge in [-0.2, -0.15) is 0 Å². The standard InChI is InChI=1S/C18H19NO3/c1-19(17(20)15-9-4-2-5-10-15)13-8-14-22-18(21)16-11-6-3-7-12-16/h2-7,9-12H,8,13-14H2,1H3. The molecular formula is C18H19NO3. The van der Waals surface area contributed by atoms with Crippen molar-refractivity contribution >= 4 is 11.9 Å². The molecule has 0 bridgehead atoms. The Labute approximate surface area is 130 Å². The highest BCUT2D eigenvalue weighted by molar-refractivity contribution is 5.94. The van der Waals surface area contributed by atoms with E-state index in [-0.39, 0.29) is 11.9 Å². The molecule has 0 N–H and O–H groups in total. The first-order valence-electron chi connectivity index (χ1n) is 7.21. The van der Waals surface area contributed by atoms with Gasteiger partial charge in [0.1, 0.15) is 0 Å². The van der Waals surface area contributed by atoms with Crippen LogP contribution in [-0.2, 0) is 4.74 Å². The molecule has 0 aromatic heterocycles. The van der Waals surface area contributed by atoms with E-state index in [9.17, 15) is 9.59 Å². The summed E-state index contributed by atoms with van der Waals surface area (Å²) >= 11 is 0. The number of hydrogen-bond donors (Lipinski definition) is 0. The highest BCUT2D eigenvalue weighted by atomic mass is 16.5. The van der Waals surface area contributed by atoms with E-state index in [0.717, 1.165) is 0 Å². The molecule has 2 aromatic rings. The molecule has 4 heteroatoms. The first-order valence-corrected chi connectivity index (χ1v) is 7.21. The smallest absolute Gasteiger partial charge is 0.338 e. The number of nitrogens with zero attached hydrogens (tertiary/aromatic N) is 1. The number of carbonyl (C=O) groups excluding carboxylic acids is 2. The normalized spacial score (nSPS) is 10.0. The molecule has 0 aliphatic heterocycles. The third-order valence-electron chi connectivity index (χ3n) is 3.25. The summed E-state index contributed by atoms with van der Waals surface area (Å²) in [7, 11) is 1.74. The first kappa shape index (κ1) is 15.8. The second-order valence-electron chi connectivity index (χ2n) is 4.95. The lowest BCUT2D eigenvalue weighted by atomic mass is 10.2. The van der Waals surface area contributed by atoms with E-state index in [1.54, 1.807) is 48.3 Å². The molecule has 1 amide bonds. The van der Waals surface area contributed by atoms with Gasteiger partial charge < -0.3 is 9.64 Å². The lowest BCUT2D eigenvalue weighted by Crippen LogP contribution is -2.28. The van der Waals surface area contributed by atoms with E-state index in [1.807, 2.05) is 24.3 Å². The molecule has 0 unspecified atom stereocenters. The summed E-state index contributed by atoms with van der Waals surface area (Å²) in [6.07, 6.45) is 0.605. The number of esters is 1. The largest absolute Gasteiger partial charge is 0.462 e. The Bertz CT molecular complexity index is 611. The van der Waals surface area contributed by atoms with Gasteiger partial charge in [-0.25, -0.2) is 4.79 Å². The summed E-state index contributed by atoms with van der Waals surface area (Å²) in [6, 6.07) is 18.0. The van der Waals surface area contributed by atoms with Crippen molar-refractivity contribution in [2.24, 2.45) is 0 Å². The molecule has 0 fully saturated rings. The van der Waals surface area contributed by atoms with Crippen molar-refractivity contribution < 1.29 is 14.3 Å². The Morgan fingerprint density at radius 2 is 1.45 bits per heavy atom. The van der Waals surface area contributed by atoms with Gasteiger partial charge in [0.25, 0.3) is 5.91 Å². The maximum Gasteiger partial charge on any atom is 0.338 e. The number of ether oxygens (including phenoxy) is 1. The van der Waals surface area contributed by atoms with Crippen LogP contribution in [0.15, 0.2) is 60.7 Å². The van der Waals surface area contributed by atoms with Gasteiger partial charge in [0.05, 0.1) is 12.2 Å². The first-order chi connectivity index (χ1) is 10.7. The lowest BCUT2D eigenvalue weighted by Gasteiger charge is -2.17. The zero-order valence-electron chi connectivity index (χ0n) is 12.6. The zero-order chi connectivity index (χ0) is 15.8. The number of benzene rings is 2. The number of amides is 1. The molecule has 0 saturated carbocycles. The van der Waals surface area contributed by atoms with E-state index in [1.165, 1.54) is 0 Å². The molecule has 0 atom stereocenters. The van der Waals surface area contributed by atoms with Crippen LogP contribution >= 0.6 is 0 Å². The zero-order valence-corrected chi connectivity index (χ0v) is 12.6. The average Bonchev–Trinajstić information content (AvgIpc) is 2.59. The summed E-state index contributed by atoms with van der Waals surface area (Å²) in [5.41, 5.74) is 1.20. The van der Waals surface area contributed by atoms with Gasteiger partial charge >= 0.3 is 5.97 Å². The van der Waals surface area contributed by atoms with Gasteiger partial charge in [-0.05, 0) is 30.7 Å². The Balaban J connectivity index is 1.72. The monoisotopic (exact) mass is 297 g/mol. The van der Waals surface area contributed by atoms with Gasteiger partial charge in [-0.1, -0.05) is 36.4 Å². The minimum atomic E-state index is -0.336. The molecule has 0 saturated heterocycles. The lowest BCUT2D eigenvalue weighted by molar-refractivity contribution is 0.0488. The van der Waals surface area contributed by atoms with Crippen molar-refractivity contribution in [2.75, 3.05) is 20.2 Å². The van der Waals surface area contributed by atoms with Crippen molar-refractivity contribution in [3.8, 4) is 0 Å². The van der Waals surface area contributed by atoms with E-state index in [4.69, 9.17) is 4.74 Å². The summed E-state index contributed by atoms with van der Waals surface area (Å²) in [5.74, 6) is -0.368. The molecule has 0 radical (unpaired) electrons. The summed E-state index contributed by atoms with van der Waals surface area (Å²) in [5, 5.41) is 0. The Hall–Kier alpha value is -2.62. The van der Waals surface area contributed by atoms with Crippen LogP contribution in [0.1, 0.15) is 27.1 Å². The van der Waals surface area contributed by atoms with E-state index in [2.05, 4.69) is 0 Å². The molecule has 2 aromatic carbocycles. The molecule has 2 rings (SSSR count). The van der Waals surface area contributed by atoms with Crippen LogP contribution < -0.4 is 0 Å². The Kier molecular flexibility index (Phi) is 5.72. The Morgan fingerprint density at radius 1 is 0.909 bits per heavy atom. The molecule has 0 aliphatic carbocycles. The van der Waals surface area contributed by atoms with E-state index >= 15 is 0 Å². The SMILES string of the molecule is CN(CCCOC(=O)c1ccccc1)C(=O)c1ccccc1. The van der Waals surface area contributed by atoms with Crippen LogP contribution in [0, 0.1) is 0 Å². The second kappa shape index (κ2) is 7.98. The fraction of sp³-hybridized carbons (Fsp3) is 0.222. The van der Waals surface area contributed by atoms with Gasteiger partial charge in [0.15, 0.2) is 0 Å². The molecule has 114 valence electrons. The van der Waals surface area contributed by atoms with Crippen LogP contribution in [0.3, 0.4) is 0 Å². The third kappa shape index (κ3) is 4.45. The molecule has 22 heavy (non-hydrogen) atoms. The van der Waals surface area contributed by atoms with Crippen molar-refractivity contribution in [1.29, 1.82) is 0 Å². The second-order valence-corrected chi connectivity index (χ2v) is 4.95. The average molecular weight is 297 g/mol. The molecular weight excluding hydrogens is 278 g/mol. The van der Waals surface area contributed by atoms with Crippen LogP contribution in [-0.4, -0.2) is 37.0 Å². The van der Waals surface area contributed by atoms with Gasteiger partial charge in [-0.15, -0.1) is 0 Å². The van der Waals surface area contributed by atoms with Crippen LogP contribution in [0.4, 0.5) is 0 Å². The quantitative estimate of drug-likeness (QED) is 0.608. The summed E-state index contributed by atoms with van der Waals surface area (Å²) in [6.45, 7) is 0.829. The topological polar surface area (TPSA) is 46.6 Å². The predicted molar refractivity (Wildman–Crippen MR) is 84.7 cm³/mol. The third-order valence-corrected chi connectivity index (χ3v) is 3.25. The molecule has 0 aliphatic rings. The fourth-order valence-electron chi connectivity index (χ4n) is 2.03.